The SMILES string of the molecule is NCC(=O)NC1CCCOc2ccc(F)cc21. The Balaban J connectivity index is 2.28. The molecule has 4 nitrogen and oxygen atoms in total. The number of carbonyl (C=O) groups is 1. The Morgan fingerprint density at radius 3 is 3.18 bits per heavy atom. The summed E-state index contributed by atoms with van der Waals surface area (Å²) in [6, 6.07) is 4.13. The van der Waals surface area contributed by atoms with Crippen molar-refractivity contribution < 1.29 is 13.9 Å². The van der Waals surface area contributed by atoms with Crippen LogP contribution in [-0.2, 0) is 4.79 Å². The molecule has 0 bridgehead atoms. The molecule has 5 heteroatoms. The first kappa shape index (κ1) is 11.9. The van der Waals surface area contributed by atoms with E-state index in [0.717, 1.165) is 12.8 Å². The van der Waals surface area contributed by atoms with Gasteiger partial charge in [-0.25, -0.2) is 4.39 Å². The fourth-order valence-corrected chi connectivity index (χ4v) is 1.95. The molecule has 1 unspecified atom stereocenters. The highest BCUT2D eigenvalue weighted by atomic mass is 19.1. The third-order valence-electron chi connectivity index (χ3n) is 2.76. The zero-order chi connectivity index (χ0) is 12.3. The Labute approximate surface area is 98.9 Å². The number of nitrogens with one attached hydrogen (secondary N) is 1. The van der Waals surface area contributed by atoms with Crippen LogP contribution in [0.1, 0.15) is 24.4 Å². The summed E-state index contributed by atoms with van der Waals surface area (Å²) < 4.78 is 18.7. The average Bonchev–Trinajstić information content (AvgIpc) is 2.52. The molecule has 3 N–H and O–H groups in total. The van der Waals surface area contributed by atoms with Crippen molar-refractivity contribution in [2.24, 2.45) is 5.73 Å². The van der Waals surface area contributed by atoms with Crippen molar-refractivity contribution in [3.8, 4) is 5.75 Å². The van der Waals surface area contributed by atoms with Crippen LogP contribution in [-0.4, -0.2) is 19.1 Å². The molecule has 92 valence electrons. The van der Waals surface area contributed by atoms with E-state index in [-0.39, 0.29) is 24.3 Å². The van der Waals surface area contributed by atoms with Crippen LogP contribution >= 0.6 is 0 Å². The van der Waals surface area contributed by atoms with E-state index in [1.165, 1.54) is 12.1 Å². The van der Waals surface area contributed by atoms with Crippen molar-refractivity contribution in [2.45, 2.75) is 18.9 Å². The van der Waals surface area contributed by atoms with Crippen LogP contribution in [0.15, 0.2) is 18.2 Å². The van der Waals surface area contributed by atoms with Crippen LogP contribution in [0.5, 0.6) is 5.75 Å². The number of amides is 1. The number of rotatable bonds is 2. The minimum atomic E-state index is -0.332. The molecule has 0 aliphatic carbocycles. The van der Waals surface area contributed by atoms with Gasteiger partial charge < -0.3 is 15.8 Å². The summed E-state index contributed by atoms with van der Waals surface area (Å²) in [7, 11) is 0. The summed E-state index contributed by atoms with van der Waals surface area (Å²) in [6.07, 6.45) is 1.54. The summed E-state index contributed by atoms with van der Waals surface area (Å²) in [5.41, 5.74) is 5.95. The van der Waals surface area contributed by atoms with E-state index in [2.05, 4.69) is 5.32 Å². The van der Waals surface area contributed by atoms with Crippen molar-refractivity contribution in [3.63, 3.8) is 0 Å². The van der Waals surface area contributed by atoms with E-state index in [0.29, 0.717) is 17.9 Å². The number of benzene rings is 1. The van der Waals surface area contributed by atoms with E-state index < -0.39 is 0 Å². The van der Waals surface area contributed by atoms with Crippen molar-refractivity contribution in [1.29, 1.82) is 0 Å². The van der Waals surface area contributed by atoms with Gasteiger partial charge in [0.15, 0.2) is 0 Å². The minimum absolute atomic E-state index is 0.0675. The summed E-state index contributed by atoms with van der Waals surface area (Å²) in [6.45, 7) is 0.510. The van der Waals surface area contributed by atoms with E-state index in [1.807, 2.05) is 0 Å². The Morgan fingerprint density at radius 2 is 2.41 bits per heavy atom. The molecule has 1 atom stereocenters. The summed E-state index contributed by atoms with van der Waals surface area (Å²) in [4.78, 5) is 11.3. The van der Waals surface area contributed by atoms with Crippen LogP contribution in [0.25, 0.3) is 0 Å². The number of carbonyl (C=O) groups excluding carboxylic acids is 1. The zero-order valence-corrected chi connectivity index (χ0v) is 9.41. The third kappa shape index (κ3) is 2.74. The molecule has 0 fully saturated rings. The van der Waals surface area contributed by atoms with E-state index >= 15 is 0 Å². The quantitative estimate of drug-likeness (QED) is 0.811. The van der Waals surface area contributed by atoms with Gasteiger partial charge in [0.2, 0.25) is 5.91 Å². The molecule has 17 heavy (non-hydrogen) atoms. The number of ether oxygens (including phenoxy) is 1. The molecule has 1 aliphatic heterocycles. The second-order valence-corrected chi connectivity index (χ2v) is 4.00. The van der Waals surface area contributed by atoms with Gasteiger partial charge in [-0.1, -0.05) is 0 Å². The summed E-state index contributed by atoms with van der Waals surface area (Å²) >= 11 is 0. The van der Waals surface area contributed by atoms with Crippen LogP contribution in [0.4, 0.5) is 4.39 Å². The van der Waals surface area contributed by atoms with Crippen LogP contribution in [0.2, 0.25) is 0 Å². The first-order chi connectivity index (χ1) is 8.20. The van der Waals surface area contributed by atoms with Crippen molar-refractivity contribution in [2.75, 3.05) is 13.2 Å². The van der Waals surface area contributed by atoms with Gasteiger partial charge in [0.05, 0.1) is 19.2 Å². The minimum Gasteiger partial charge on any atom is -0.493 e. The second kappa shape index (κ2) is 5.14. The number of halogens is 1. The molecule has 0 spiro atoms. The lowest BCUT2D eigenvalue weighted by atomic mass is 10.0. The van der Waals surface area contributed by atoms with Crippen molar-refractivity contribution in [1.82, 2.24) is 5.32 Å². The molecule has 0 radical (unpaired) electrons. The molecular formula is C12H15FN2O2. The van der Waals surface area contributed by atoms with Gasteiger partial charge >= 0.3 is 0 Å². The Hall–Kier alpha value is -1.62. The van der Waals surface area contributed by atoms with Gasteiger partial charge in [0.25, 0.3) is 0 Å². The van der Waals surface area contributed by atoms with E-state index in [9.17, 15) is 9.18 Å². The van der Waals surface area contributed by atoms with Gasteiger partial charge in [0.1, 0.15) is 11.6 Å². The smallest absolute Gasteiger partial charge is 0.234 e. The monoisotopic (exact) mass is 238 g/mol. The van der Waals surface area contributed by atoms with Gasteiger partial charge in [-0.05, 0) is 31.0 Å². The van der Waals surface area contributed by atoms with Crippen LogP contribution < -0.4 is 15.8 Å². The fraction of sp³-hybridized carbons (Fsp3) is 0.417. The van der Waals surface area contributed by atoms with Crippen molar-refractivity contribution >= 4 is 5.91 Å². The number of hydrogen-bond acceptors (Lipinski definition) is 3. The number of fused-ring (bicyclic) bond motifs is 1. The zero-order valence-electron chi connectivity index (χ0n) is 9.41. The van der Waals surface area contributed by atoms with Gasteiger partial charge in [0, 0.05) is 5.56 Å². The lowest BCUT2D eigenvalue weighted by Gasteiger charge is -2.17. The van der Waals surface area contributed by atoms with E-state index in [4.69, 9.17) is 10.5 Å². The first-order valence-corrected chi connectivity index (χ1v) is 5.62. The maximum absolute atomic E-state index is 13.2. The normalized spacial score (nSPS) is 18.8. The van der Waals surface area contributed by atoms with Crippen LogP contribution in [0.3, 0.4) is 0 Å². The number of hydrogen-bond donors (Lipinski definition) is 2. The maximum Gasteiger partial charge on any atom is 0.234 e. The molecule has 1 heterocycles. The van der Waals surface area contributed by atoms with Crippen molar-refractivity contribution in [3.05, 3.63) is 29.6 Å². The summed E-state index contributed by atoms with van der Waals surface area (Å²) in [5, 5.41) is 2.78. The lowest BCUT2D eigenvalue weighted by molar-refractivity contribution is -0.120. The molecule has 1 aliphatic rings. The van der Waals surface area contributed by atoms with Gasteiger partial charge in [-0.2, -0.15) is 0 Å². The number of nitrogens with two attached hydrogens (primary N) is 1. The highest BCUT2D eigenvalue weighted by Crippen LogP contribution is 2.31. The van der Waals surface area contributed by atoms with Gasteiger partial charge in [-0.3, -0.25) is 4.79 Å². The second-order valence-electron chi connectivity index (χ2n) is 4.00. The molecule has 0 aromatic heterocycles. The fourth-order valence-electron chi connectivity index (χ4n) is 1.95. The topological polar surface area (TPSA) is 64.4 Å². The molecule has 0 saturated carbocycles. The molecule has 1 aromatic carbocycles. The van der Waals surface area contributed by atoms with Gasteiger partial charge in [-0.15, -0.1) is 0 Å². The standard InChI is InChI=1S/C12H15FN2O2/c13-8-3-4-11-9(6-8)10(2-1-5-17-11)15-12(16)7-14/h3-4,6,10H,1-2,5,7,14H2,(H,15,16). The summed E-state index contributed by atoms with van der Waals surface area (Å²) in [5.74, 6) is 0.0552. The molecule has 0 saturated heterocycles. The Morgan fingerprint density at radius 1 is 1.59 bits per heavy atom. The predicted molar refractivity (Wildman–Crippen MR) is 61.1 cm³/mol. The first-order valence-electron chi connectivity index (χ1n) is 5.62. The highest BCUT2D eigenvalue weighted by molar-refractivity contribution is 5.78. The third-order valence-corrected chi connectivity index (χ3v) is 2.76. The lowest BCUT2D eigenvalue weighted by Crippen LogP contribution is -2.33. The Bertz CT molecular complexity index is 423. The maximum atomic E-state index is 13.2. The van der Waals surface area contributed by atoms with Crippen LogP contribution in [0, 0.1) is 5.82 Å². The molecule has 2 rings (SSSR count). The molecular weight excluding hydrogens is 223 g/mol. The predicted octanol–water partition coefficient (Wildman–Crippen LogP) is 1.11. The molecule has 1 amide bonds. The Kier molecular flexibility index (Phi) is 3.58. The highest BCUT2D eigenvalue weighted by Gasteiger charge is 2.21. The largest absolute Gasteiger partial charge is 0.493 e. The average molecular weight is 238 g/mol. The van der Waals surface area contributed by atoms with E-state index in [1.54, 1.807) is 6.07 Å². The molecule has 1 aromatic rings.